The molecule has 0 spiro atoms. The zero-order chi connectivity index (χ0) is 14.4. The Morgan fingerprint density at radius 1 is 1.14 bits per heavy atom. The molecule has 6 nitrogen and oxygen atoms in total. The Hall–Kier alpha value is -1.09. The van der Waals surface area contributed by atoms with Crippen LogP contribution in [0.25, 0.3) is 0 Å². The van der Waals surface area contributed by atoms with Crippen LogP contribution in [0.15, 0.2) is 24.3 Å². The SMILES string of the molecule is Cl.O=S(=O)(F)Oc1ccc(OCCN2CCOCC2)cc1. The molecule has 0 aliphatic carbocycles. The summed E-state index contributed by atoms with van der Waals surface area (Å²) in [7, 11) is -4.98. The van der Waals surface area contributed by atoms with Crippen LogP contribution in [-0.4, -0.2) is 52.8 Å². The highest BCUT2D eigenvalue weighted by atomic mass is 35.5. The van der Waals surface area contributed by atoms with Crippen LogP contribution in [0.3, 0.4) is 0 Å². The van der Waals surface area contributed by atoms with E-state index in [2.05, 4.69) is 9.08 Å². The normalized spacial score (nSPS) is 16.0. The zero-order valence-electron chi connectivity index (χ0n) is 11.2. The highest BCUT2D eigenvalue weighted by molar-refractivity contribution is 7.81. The van der Waals surface area contributed by atoms with Crippen molar-refractivity contribution in [2.24, 2.45) is 0 Å². The molecule has 120 valence electrons. The summed E-state index contributed by atoms with van der Waals surface area (Å²) in [5, 5.41) is 0. The molecule has 0 atom stereocenters. The minimum absolute atomic E-state index is 0. The van der Waals surface area contributed by atoms with E-state index in [9.17, 15) is 12.3 Å². The van der Waals surface area contributed by atoms with Gasteiger partial charge >= 0.3 is 10.5 Å². The van der Waals surface area contributed by atoms with Crippen molar-refractivity contribution >= 4 is 22.9 Å². The molecule has 0 saturated carbocycles. The molecular weight excluding hydrogens is 325 g/mol. The number of ether oxygens (including phenoxy) is 2. The Balaban J connectivity index is 0.00000220. The van der Waals surface area contributed by atoms with Gasteiger partial charge < -0.3 is 13.7 Å². The average molecular weight is 342 g/mol. The van der Waals surface area contributed by atoms with Crippen molar-refractivity contribution in [3.05, 3.63) is 24.3 Å². The molecular formula is C12H17ClFNO5S. The van der Waals surface area contributed by atoms with Gasteiger partial charge in [-0.25, -0.2) is 0 Å². The molecule has 1 aliphatic heterocycles. The lowest BCUT2D eigenvalue weighted by molar-refractivity contribution is 0.0322. The molecule has 21 heavy (non-hydrogen) atoms. The van der Waals surface area contributed by atoms with Gasteiger partial charge in [0.25, 0.3) is 0 Å². The number of nitrogens with zero attached hydrogens (tertiary/aromatic N) is 1. The van der Waals surface area contributed by atoms with Crippen molar-refractivity contribution in [2.75, 3.05) is 39.5 Å². The highest BCUT2D eigenvalue weighted by Gasteiger charge is 2.11. The van der Waals surface area contributed by atoms with Gasteiger partial charge in [-0.2, -0.15) is 8.42 Å². The van der Waals surface area contributed by atoms with E-state index in [1.807, 2.05) is 0 Å². The second kappa shape index (κ2) is 8.38. The molecule has 1 fully saturated rings. The van der Waals surface area contributed by atoms with Gasteiger partial charge in [0.1, 0.15) is 18.1 Å². The van der Waals surface area contributed by atoms with Crippen molar-refractivity contribution in [1.29, 1.82) is 0 Å². The third-order valence-electron chi connectivity index (χ3n) is 2.80. The van der Waals surface area contributed by atoms with E-state index in [0.717, 1.165) is 32.8 Å². The Morgan fingerprint density at radius 3 is 2.29 bits per heavy atom. The summed E-state index contributed by atoms with van der Waals surface area (Å²) in [5.41, 5.74) is 0. The third-order valence-corrected chi connectivity index (χ3v) is 3.19. The van der Waals surface area contributed by atoms with Crippen LogP contribution in [0.4, 0.5) is 3.89 Å². The topological polar surface area (TPSA) is 65.1 Å². The van der Waals surface area contributed by atoms with Crippen molar-refractivity contribution in [1.82, 2.24) is 4.90 Å². The van der Waals surface area contributed by atoms with Gasteiger partial charge in [-0.3, -0.25) is 4.90 Å². The lowest BCUT2D eigenvalue weighted by atomic mass is 10.3. The molecule has 0 unspecified atom stereocenters. The summed E-state index contributed by atoms with van der Waals surface area (Å²) >= 11 is 0. The number of hydrogen-bond donors (Lipinski definition) is 0. The Bertz CT molecular complexity index is 519. The summed E-state index contributed by atoms with van der Waals surface area (Å²) in [6, 6.07) is 5.72. The maximum Gasteiger partial charge on any atom is 0.488 e. The van der Waals surface area contributed by atoms with Crippen LogP contribution in [0.5, 0.6) is 11.5 Å². The maximum absolute atomic E-state index is 12.3. The second-order valence-corrected chi connectivity index (χ2v) is 5.20. The van der Waals surface area contributed by atoms with E-state index in [1.54, 1.807) is 0 Å². The summed E-state index contributed by atoms with van der Waals surface area (Å²) in [6.07, 6.45) is 0. The van der Waals surface area contributed by atoms with Crippen LogP contribution in [0, 0.1) is 0 Å². The quantitative estimate of drug-likeness (QED) is 0.729. The van der Waals surface area contributed by atoms with Gasteiger partial charge in [0, 0.05) is 19.6 Å². The monoisotopic (exact) mass is 341 g/mol. The summed E-state index contributed by atoms with van der Waals surface area (Å²) in [5.74, 6) is 0.481. The van der Waals surface area contributed by atoms with Crippen LogP contribution in [0.2, 0.25) is 0 Å². The fourth-order valence-corrected chi connectivity index (χ4v) is 2.16. The van der Waals surface area contributed by atoms with Crippen molar-refractivity contribution in [3.8, 4) is 11.5 Å². The van der Waals surface area contributed by atoms with Gasteiger partial charge in [-0.05, 0) is 24.3 Å². The van der Waals surface area contributed by atoms with Crippen molar-refractivity contribution in [2.45, 2.75) is 0 Å². The minimum atomic E-state index is -4.98. The standard InChI is InChI=1S/C12H16FNO5S.ClH/c13-20(15,16)19-12-3-1-11(2-4-12)18-10-7-14-5-8-17-9-6-14;/h1-4H,5-10H2;1H. The second-order valence-electron chi connectivity index (χ2n) is 4.25. The van der Waals surface area contributed by atoms with Crippen LogP contribution in [0.1, 0.15) is 0 Å². The maximum atomic E-state index is 12.3. The van der Waals surface area contributed by atoms with E-state index < -0.39 is 10.5 Å². The fourth-order valence-electron chi connectivity index (χ4n) is 1.82. The fraction of sp³-hybridized carbons (Fsp3) is 0.500. The predicted octanol–water partition coefficient (Wildman–Crippen LogP) is 1.41. The van der Waals surface area contributed by atoms with Gasteiger partial charge in [0.2, 0.25) is 0 Å². The van der Waals surface area contributed by atoms with E-state index in [1.165, 1.54) is 24.3 Å². The first-order chi connectivity index (χ1) is 9.53. The molecule has 1 heterocycles. The molecule has 0 aromatic heterocycles. The largest absolute Gasteiger partial charge is 0.492 e. The molecule has 1 aromatic rings. The molecule has 9 heteroatoms. The summed E-state index contributed by atoms with van der Waals surface area (Å²) < 4.78 is 47.7. The summed E-state index contributed by atoms with van der Waals surface area (Å²) in [4.78, 5) is 2.23. The molecule has 1 saturated heterocycles. The van der Waals surface area contributed by atoms with Gasteiger partial charge in [0.15, 0.2) is 0 Å². The van der Waals surface area contributed by atoms with Crippen LogP contribution >= 0.6 is 12.4 Å². The lowest BCUT2D eigenvalue weighted by Crippen LogP contribution is -2.38. The molecule has 0 amide bonds. The summed E-state index contributed by atoms with van der Waals surface area (Å²) in [6.45, 7) is 4.57. The van der Waals surface area contributed by atoms with Crippen molar-refractivity contribution < 1.29 is 26.0 Å². The first-order valence-electron chi connectivity index (χ1n) is 6.20. The molecule has 0 radical (unpaired) electrons. The number of rotatable bonds is 6. The van der Waals surface area contributed by atoms with E-state index in [4.69, 9.17) is 9.47 Å². The first-order valence-corrected chi connectivity index (χ1v) is 7.51. The van der Waals surface area contributed by atoms with E-state index >= 15 is 0 Å². The van der Waals surface area contributed by atoms with Gasteiger partial charge in [-0.15, -0.1) is 12.4 Å². The first kappa shape index (κ1) is 18.0. The van der Waals surface area contributed by atoms with Gasteiger partial charge in [0.05, 0.1) is 13.2 Å². The van der Waals surface area contributed by atoms with Crippen molar-refractivity contribution in [3.63, 3.8) is 0 Å². The number of halogens is 2. The minimum Gasteiger partial charge on any atom is -0.492 e. The number of morpholine rings is 1. The predicted molar refractivity (Wildman–Crippen MR) is 77.1 cm³/mol. The van der Waals surface area contributed by atoms with E-state index in [0.29, 0.717) is 12.4 Å². The molecule has 1 aromatic carbocycles. The Morgan fingerprint density at radius 2 is 1.71 bits per heavy atom. The Labute approximate surface area is 129 Å². The van der Waals surface area contributed by atoms with Crippen LogP contribution < -0.4 is 8.92 Å². The molecule has 1 aliphatic rings. The average Bonchev–Trinajstić information content (AvgIpc) is 2.40. The lowest BCUT2D eigenvalue weighted by Gasteiger charge is -2.26. The third kappa shape index (κ3) is 6.94. The molecule has 2 rings (SSSR count). The smallest absolute Gasteiger partial charge is 0.488 e. The van der Waals surface area contributed by atoms with Gasteiger partial charge in [-0.1, -0.05) is 3.89 Å². The number of benzene rings is 1. The number of hydrogen-bond acceptors (Lipinski definition) is 6. The van der Waals surface area contributed by atoms with E-state index in [-0.39, 0.29) is 18.2 Å². The highest BCUT2D eigenvalue weighted by Crippen LogP contribution is 2.19. The molecule has 0 bridgehead atoms. The zero-order valence-corrected chi connectivity index (χ0v) is 12.9. The van der Waals surface area contributed by atoms with Crippen LogP contribution in [-0.2, 0) is 15.2 Å². The molecule has 0 N–H and O–H groups in total. The Kier molecular flexibility index (Phi) is 7.16.